The molecule has 1 aliphatic carbocycles. The first-order valence-corrected chi connectivity index (χ1v) is 5.94. The van der Waals surface area contributed by atoms with Crippen molar-refractivity contribution in [1.29, 1.82) is 0 Å². The van der Waals surface area contributed by atoms with Crippen molar-refractivity contribution in [2.45, 2.75) is 11.8 Å². The van der Waals surface area contributed by atoms with Gasteiger partial charge in [0.05, 0.1) is 7.11 Å². The third-order valence-electron chi connectivity index (χ3n) is 3.28. The Morgan fingerprint density at radius 2 is 2.24 bits per heavy atom. The Balaban J connectivity index is 2.38. The number of ether oxygens (including phenoxy) is 1. The van der Waals surface area contributed by atoms with E-state index in [-0.39, 0.29) is 5.41 Å². The summed E-state index contributed by atoms with van der Waals surface area (Å²) < 4.78 is 5.31. The van der Waals surface area contributed by atoms with Gasteiger partial charge in [0.25, 0.3) is 0 Å². The van der Waals surface area contributed by atoms with Crippen LogP contribution in [0.15, 0.2) is 48.6 Å². The van der Waals surface area contributed by atoms with Crippen LogP contribution in [0.25, 0.3) is 0 Å². The molecule has 2 heteroatoms. The van der Waals surface area contributed by atoms with Crippen molar-refractivity contribution < 1.29 is 4.74 Å². The average molecular weight is 229 g/mol. The summed E-state index contributed by atoms with van der Waals surface area (Å²) in [4.78, 5) is 0. The number of benzene rings is 1. The van der Waals surface area contributed by atoms with Gasteiger partial charge >= 0.3 is 0 Å². The molecule has 0 saturated carbocycles. The molecule has 0 bridgehead atoms. The standard InChI is InChI=1S/C15H19NO/c1-16-12-15(9-4-3-5-10-15)13-7-6-8-14(11-13)17-2/h3-9,11,16H,10,12H2,1-2H3. The van der Waals surface area contributed by atoms with Crippen LogP contribution < -0.4 is 10.1 Å². The van der Waals surface area contributed by atoms with Gasteiger partial charge in [0, 0.05) is 12.0 Å². The van der Waals surface area contributed by atoms with Crippen molar-refractivity contribution in [3.05, 3.63) is 54.1 Å². The zero-order chi connectivity index (χ0) is 12.1. The lowest BCUT2D eigenvalue weighted by atomic mass is 9.75. The molecule has 2 rings (SSSR count). The average Bonchev–Trinajstić information content (AvgIpc) is 2.40. The van der Waals surface area contributed by atoms with E-state index in [9.17, 15) is 0 Å². The van der Waals surface area contributed by atoms with Gasteiger partial charge in [-0.15, -0.1) is 0 Å². The Kier molecular flexibility index (Phi) is 3.64. The van der Waals surface area contributed by atoms with Crippen molar-refractivity contribution in [2.24, 2.45) is 0 Å². The summed E-state index contributed by atoms with van der Waals surface area (Å²) in [5.74, 6) is 0.918. The number of likely N-dealkylation sites (N-methyl/N-ethyl adjacent to an activating group) is 1. The lowest BCUT2D eigenvalue weighted by molar-refractivity contribution is 0.411. The highest BCUT2D eigenvalue weighted by Crippen LogP contribution is 2.33. The molecule has 17 heavy (non-hydrogen) atoms. The van der Waals surface area contributed by atoms with Gasteiger partial charge in [-0.2, -0.15) is 0 Å². The second-order valence-corrected chi connectivity index (χ2v) is 4.41. The summed E-state index contributed by atoms with van der Waals surface area (Å²) >= 11 is 0. The molecule has 0 amide bonds. The van der Waals surface area contributed by atoms with Crippen molar-refractivity contribution in [3.8, 4) is 5.75 Å². The van der Waals surface area contributed by atoms with Gasteiger partial charge in [0.15, 0.2) is 0 Å². The number of hydrogen-bond donors (Lipinski definition) is 1. The molecular weight excluding hydrogens is 210 g/mol. The first-order valence-electron chi connectivity index (χ1n) is 5.94. The van der Waals surface area contributed by atoms with Gasteiger partial charge in [-0.25, -0.2) is 0 Å². The number of nitrogens with one attached hydrogen (secondary N) is 1. The van der Waals surface area contributed by atoms with Crippen LogP contribution in [0.3, 0.4) is 0 Å². The molecule has 1 aromatic carbocycles. The second kappa shape index (κ2) is 5.19. The number of methoxy groups -OCH3 is 1. The SMILES string of the molecule is CNCC1(c2cccc(OC)c2)C=CC=CC1. The fraction of sp³-hybridized carbons (Fsp3) is 0.333. The van der Waals surface area contributed by atoms with Gasteiger partial charge in [-0.1, -0.05) is 36.4 Å². The largest absolute Gasteiger partial charge is 0.497 e. The molecule has 1 aromatic rings. The number of allylic oxidation sites excluding steroid dienone is 3. The normalized spacial score (nSPS) is 22.7. The number of hydrogen-bond acceptors (Lipinski definition) is 2. The van der Waals surface area contributed by atoms with E-state index in [4.69, 9.17) is 4.74 Å². The Morgan fingerprint density at radius 1 is 1.35 bits per heavy atom. The predicted octanol–water partition coefficient (Wildman–Crippen LogP) is 2.67. The summed E-state index contributed by atoms with van der Waals surface area (Å²) in [5, 5.41) is 3.29. The molecule has 0 radical (unpaired) electrons. The van der Waals surface area contributed by atoms with Crippen LogP contribution in [0.2, 0.25) is 0 Å². The Bertz CT molecular complexity index is 436. The lowest BCUT2D eigenvalue weighted by Crippen LogP contribution is -2.35. The van der Waals surface area contributed by atoms with E-state index in [2.05, 4.69) is 47.8 Å². The molecule has 0 aliphatic heterocycles. The number of rotatable bonds is 4. The van der Waals surface area contributed by atoms with Crippen molar-refractivity contribution in [1.82, 2.24) is 5.32 Å². The molecule has 90 valence electrons. The van der Waals surface area contributed by atoms with Crippen molar-refractivity contribution in [3.63, 3.8) is 0 Å². The minimum absolute atomic E-state index is 0.0536. The van der Waals surface area contributed by atoms with Crippen LogP contribution in [0, 0.1) is 0 Å². The van der Waals surface area contributed by atoms with E-state index >= 15 is 0 Å². The van der Waals surface area contributed by atoms with Crippen LogP contribution in [-0.2, 0) is 5.41 Å². The van der Waals surface area contributed by atoms with E-state index < -0.39 is 0 Å². The van der Waals surface area contributed by atoms with Crippen LogP contribution in [0.5, 0.6) is 5.75 Å². The molecule has 0 aromatic heterocycles. The van der Waals surface area contributed by atoms with Crippen LogP contribution in [0.1, 0.15) is 12.0 Å². The topological polar surface area (TPSA) is 21.3 Å². The minimum atomic E-state index is 0.0536. The Hall–Kier alpha value is -1.54. The van der Waals surface area contributed by atoms with E-state index in [1.54, 1.807) is 7.11 Å². The molecule has 2 nitrogen and oxygen atoms in total. The second-order valence-electron chi connectivity index (χ2n) is 4.41. The smallest absolute Gasteiger partial charge is 0.119 e. The molecule has 1 N–H and O–H groups in total. The molecule has 0 saturated heterocycles. The van der Waals surface area contributed by atoms with E-state index in [1.807, 2.05) is 13.1 Å². The third kappa shape index (κ3) is 2.42. The summed E-state index contributed by atoms with van der Waals surface area (Å²) in [6.45, 7) is 0.932. The summed E-state index contributed by atoms with van der Waals surface area (Å²) in [6, 6.07) is 8.33. The lowest BCUT2D eigenvalue weighted by Gasteiger charge is -2.32. The minimum Gasteiger partial charge on any atom is -0.497 e. The maximum Gasteiger partial charge on any atom is 0.119 e. The van der Waals surface area contributed by atoms with E-state index in [0.29, 0.717) is 0 Å². The van der Waals surface area contributed by atoms with Crippen LogP contribution in [-0.4, -0.2) is 20.7 Å². The monoisotopic (exact) mass is 229 g/mol. The first kappa shape index (κ1) is 11.9. The molecule has 0 spiro atoms. The van der Waals surface area contributed by atoms with Crippen LogP contribution in [0.4, 0.5) is 0 Å². The van der Waals surface area contributed by atoms with Gasteiger partial charge in [0.1, 0.15) is 5.75 Å². The molecular formula is C15H19NO. The maximum absolute atomic E-state index is 5.31. The van der Waals surface area contributed by atoms with E-state index in [1.165, 1.54) is 5.56 Å². The third-order valence-corrected chi connectivity index (χ3v) is 3.28. The summed E-state index contributed by atoms with van der Waals surface area (Å²) in [7, 11) is 3.70. The zero-order valence-electron chi connectivity index (χ0n) is 10.4. The summed E-state index contributed by atoms with van der Waals surface area (Å²) in [6.07, 6.45) is 9.75. The van der Waals surface area contributed by atoms with Gasteiger partial charge in [-0.3, -0.25) is 0 Å². The zero-order valence-corrected chi connectivity index (χ0v) is 10.4. The van der Waals surface area contributed by atoms with E-state index in [0.717, 1.165) is 18.7 Å². The first-order chi connectivity index (χ1) is 8.30. The summed E-state index contributed by atoms with van der Waals surface area (Å²) in [5.41, 5.74) is 1.35. The molecule has 1 aliphatic rings. The predicted molar refractivity (Wildman–Crippen MR) is 71.5 cm³/mol. The van der Waals surface area contributed by atoms with Crippen LogP contribution >= 0.6 is 0 Å². The Labute approximate surface area is 103 Å². The molecule has 1 unspecified atom stereocenters. The van der Waals surface area contributed by atoms with Crippen molar-refractivity contribution >= 4 is 0 Å². The van der Waals surface area contributed by atoms with Gasteiger partial charge in [-0.05, 0) is 31.2 Å². The Morgan fingerprint density at radius 3 is 2.88 bits per heavy atom. The maximum atomic E-state index is 5.31. The highest BCUT2D eigenvalue weighted by molar-refractivity contribution is 5.40. The quantitative estimate of drug-likeness (QED) is 0.857. The van der Waals surface area contributed by atoms with Gasteiger partial charge in [0.2, 0.25) is 0 Å². The highest BCUT2D eigenvalue weighted by atomic mass is 16.5. The molecule has 0 fully saturated rings. The van der Waals surface area contributed by atoms with Gasteiger partial charge < -0.3 is 10.1 Å². The fourth-order valence-electron chi connectivity index (χ4n) is 2.36. The van der Waals surface area contributed by atoms with Crippen molar-refractivity contribution in [2.75, 3.05) is 20.7 Å². The molecule has 0 heterocycles. The highest BCUT2D eigenvalue weighted by Gasteiger charge is 2.28. The fourth-order valence-corrected chi connectivity index (χ4v) is 2.36. The molecule has 1 atom stereocenters.